The fourth-order valence-electron chi connectivity index (χ4n) is 1.82. The minimum Gasteiger partial charge on any atom is -0.368 e. The lowest BCUT2D eigenvalue weighted by molar-refractivity contribution is -0.116. The number of carbonyl (C=O) groups is 1. The molecule has 22 heavy (non-hydrogen) atoms. The molecule has 0 fully saturated rings. The predicted octanol–water partition coefficient (Wildman–Crippen LogP) is 2.63. The van der Waals surface area contributed by atoms with Gasteiger partial charge in [0.25, 0.3) is 10.0 Å². The molecule has 1 amide bonds. The number of hydrogen-bond acceptors (Lipinski definition) is 3. The zero-order valence-electron chi connectivity index (χ0n) is 11.2. The van der Waals surface area contributed by atoms with Crippen molar-refractivity contribution in [1.82, 2.24) is 0 Å². The Morgan fingerprint density at radius 1 is 1.18 bits per heavy atom. The van der Waals surface area contributed by atoms with Crippen molar-refractivity contribution >= 4 is 55.8 Å². The molecule has 0 aromatic heterocycles. The molecule has 0 spiro atoms. The highest BCUT2D eigenvalue weighted by atomic mass is 127. The Morgan fingerprint density at radius 2 is 1.82 bits per heavy atom. The Balaban J connectivity index is 2.53. The highest BCUT2D eigenvalue weighted by molar-refractivity contribution is 14.1. The fraction of sp³-hybridized carbons (Fsp3) is 0.0714. The normalized spacial score (nSPS) is 11.2. The van der Waals surface area contributed by atoms with Gasteiger partial charge in [-0.25, -0.2) is 8.42 Å². The lowest BCUT2D eigenvalue weighted by atomic mass is 10.3. The maximum absolute atomic E-state index is 12.8. The molecule has 0 aliphatic heterocycles. The van der Waals surface area contributed by atoms with Gasteiger partial charge in [-0.05, 0) is 65.1 Å². The molecule has 0 unspecified atom stereocenters. The molecule has 0 bridgehead atoms. The predicted molar refractivity (Wildman–Crippen MR) is 94.3 cm³/mol. The molecule has 8 heteroatoms. The van der Waals surface area contributed by atoms with Gasteiger partial charge in [0.15, 0.2) is 0 Å². The van der Waals surface area contributed by atoms with Gasteiger partial charge in [-0.2, -0.15) is 0 Å². The van der Waals surface area contributed by atoms with Gasteiger partial charge in [-0.15, -0.1) is 0 Å². The molecule has 0 atom stereocenters. The van der Waals surface area contributed by atoms with E-state index in [1.54, 1.807) is 18.2 Å². The molecule has 0 heterocycles. The molecular weight excluding hydrogens is 439 g/mol. The van der Waals surface area contributed by atoms with Crippen LogP contribution in [0.3, 0.4) is 0 Å². The third-order valence-corrected chi connectivity index (χ3v) is 5.51. The first-order valence-corrected chi connectivity index (χ1v) is 9.02. The van der Waals surface area contributed by atoms with E-state index < -0.39 is 22.5 Å². The van der Waals surface area contributed by atoms with Gasteiger partial charge in [0, 0.05) is 8.59 Å². The maximum atomic E-state index is 12.8. The first-order chi connectivity index (χ1) is 10.3. The number of carbonyl (C=O) groups excluding carboxylic acids is 1. The number of anilines is 1. The number of benzene rings is 2. The van der Waals surface area contributed by atoms with Crippen LogP contribution in [-0.4, -0.2) is 20.9 Å². The van der Waals surface area contributed by atoms with Gasteiger partial charge in [0.1, 0.15) is 6.54 Å². The Kier molecular flexibility index (Phi) is 5.30. The first kappa shape index (κ1) is 17.0. The highest BCUT2D eigenvalue weighted by Gasteiger charge is 2.26. The Bertz CT molecular complexity index is 794. The van der Waals surface area contributed by atoms with Crippen LogP contribution in [0.25, 0.3) is 0 Å². The van der Waals surface area contributed by atoms with Crippen LogP contribution in [0.4, 0.5) is 5.69 Å². The number of amides is 1. The molecule has 5 nitrogen and oxygen atoms in total. The van der Waals surface area contributed by atoms with Gasteiger partial charge in [-0.1, -0.05) is 17.7 Å². The molecule has 116 valence electrons. The summed E-state index contributed by atoms with van der Waals surface area (Å²) in [6.45, 7) is -0.439. The van der Waals surface area contributed by atoms with E-state index in [4.69, 9.17) is 17.3 Å². The number of rotatable bonds is 5. The Hall–Kier alpha value is -1.32. The summed E-state index contributed by atoms with van der Waals surface area (Å²) in [6, 6.07) is 12.5. The van der Waals surface area contributed by atoms with Crippen molar-refractivity contribution in [2.24, 2.45) is 5.73 Å². The second-order valence-electron chi connectivity index (χ2n) is 4.41. The van der Waals surface area contributed by atoms with Gasteiger partial charge in [-0.3, -0.25) is 9.10 Å². The Labute approximate surface area is 147 Å². The molecule has 2 N–H and O–H groups in total. The van der Waals surface area contributed by atoms with Crippen LogP contribution >= 0.6 is 34.2 Å². The molecular formula is C14H12ClIN2O3S. The Morgan fingerprint density at radius 3 is 2.36 bits per heavy atom. The SMILES string of the molecule is NC(=O)CN(c1cccc(I)c1)S(=O)(=O)c1ccc(Cl)cc1. The molecule has 2 aromatic rings. The van der Waals surface area contributed by atoms with E-state index in [1.807, 2.05) is 6.07 Å². The highest BCUT2D eigenvalue weighted by Crippen LogP contribution is 2.25. The van der Waals surface area contributed by atoms with E-state index in [2.05, 4.69) is 22.6 Å². The first-order valence-electron chi connectivity index (χ1n) is 6.13. The van der Waals surface area contributed by atoms with Crippen LogP contribution in [0, 0.1) is 3.57 Å². The fourth-order valence-corrected chi connectivity index (χ4v) is 3.90. The van der Waals surface area contributed by atoms with Crippen LogP contribution < -0.4 is 10.0 Å². The summed E-state index contributed by atoms with van der Waals surface area (Å²) in [7, 11) is -3.91. The summed E-state index contributed by atoms with van der Waals surface area (Å²) >= 11 is 7.84. The smallest absolute Gasteiger partial charge is 0.264 e. The minimum absolute atomic E-state index is 0.0389. The molecule has 2 rings (SSSR count). The van der Waals surface area contributed by atoms with Crippen LogP contribution in [0.2, 0.25) is 5.02 Å². The molecule has 0 aliphatic rings. The number of nitrogens with two attached hydrogens (primary N) is 1. The summed E-state index contributed by atoms with van der Waals surface area (Å²) in [6.07, 6.45) is 0. The maximum Gasteiger partial charge on any atom is 0.264 e. The van der Waals surface area contributed by atoms with Crippen molar-refractivity contribution in [2.75, 3.05) is 10.8 Å². The monoisotopic (exact) mass is 450 g/mol. The van der Waals surface area contributed by atoms with Crippen LogP contribution in [0.15, 0.2) is 53.4 Å². The van der Waals surface area contributed by atoms with Crippen LogP contribution in [0.1, 0.15) is 0 Å². The van der Waals surface area contributed by atoms with E-state index in [0.717, 1.165) is 7.88 Å². The topological polar surface area (TPSA) is 80.5 Å². The van der Waals surface area contributed by atoms with Crippen molar-refractivity contribution in [1.29, 1.82) is 0 Å². The van der Waals surface area contributed by atoms with E-state index in [0.29, 0.717) is 10.7 Å². The van der Waals surface area contributed by atoms with Gasteiger partial charge >= 0.3 is 0 Å². The van der Waals surface area contributed by atoms with E-state index in [9.17, 15) is 13.2 Å². The zero-order valence-corrected chi connectivity index (χ0v) is 15.0. The molecule has 0 radical (unpaired) electrons. The number of halogens is 2. The standard InChI is InChI=1S/C14H12ClIN2O3S/c15-10-4-6-13(7-5-10)22(20,21)18(9-14(17)19)12-3-1-2-11(16)8-12/h1-8H,9H2,(H2,17,19). The lowest BCUT2D eigenvalue weighted by Gasteiger charge is -2.23. The quantitative estimate of drug-likeness (QED) is 0.711. The van der Waals surface area contributed by atoms with Crippen molar-refractivity contribution in [3.63, 3.8) is 0 Å². The average Bonchev–Trinajstić information content (AvgIpc) is 2.45. The lowest BCUT2D eigenvalue weighted by Crippen LogP contribution is -2.38. The van der Waals surface area contributed by atoms with E-state index >= 15 is 0 Å². The number of primary amides is 1. The summed E-state index contributed by atoms with van der Waals surface area (Å²) in [4.78, 5) is 11.3. The second-order valence-corrected chi connectivity index (χ2v) is 7.96. The third kappa shape index (κ3) is 3.90. The second kappa shape index (κ2) is 6.84. The van der Waals surface area contributed by atoms with Crippen LogP contribution in [-0.2, 0) is 14.8 Å². The summed E-state index contributed by atoms with van der Waals surface area (Å²) in [5, 5.41) is 0.426. The van der Waals surface area contributed by atoms with Crippen LogP contribution in [0.5, 0.6) is 0 Å². The molecule has 0 aliphatic carbocycles. The summed E-state index contributed by atoms with van der Waals surface area (Å²) in [5.41, 5.74) is 5.58. The van der Waals surface area contributed by atoms with Gasteiger partial charge < -0.3 is 5.73 Å². The van der Waals surface area contributed by atoms with Crippen molar-refractivity contribution in [3.8, 4) is 0 Å². The molecule has 0 saturated heterocycles. The summed E-state index contributed by atoms with van der Waals surface area (Å²) in [5.74, 6) is -0.739. The van der Waals surface area contributed by atoms with E-state index in [1.165, 1.54) is 24.3 Å². The van der Waals surface area contributed by atoms with Crippen molar-refractivity contribution < 1.29 is 13.2 Å². The van der Waals surface area contributed by atoms with Gasteiger partial charge in [0.05, 0.1) is 10.6 Å². The number of nitrogens with zero attached hydrogens (tertiary/aromatic N) is 1. The van der Waals surface area contributed by atoms with Crippen molar-refractivity contribution in [3.05, 3.63) is 57.1 Å². The van der Waals surface area contributed by atoms with Gasteiger partial charge in [0.2, 0.25) is 5.91 Å². The minimum atomic E-state index is -3.91. The number of sulfonamides is 1. The van der Waals surface area contributed by atoms with Crippen molar-refractivity contribution in [2.45, 2.75) is 4.90 Å². The third-order valence-electron chi connectivity index (χ3n) is 2.80. The molecule has 2 aromatic carbocycles. The largest absolute Gasteiger partial charge is 0.368 e. The van der Waals surface area contributed by atoms with E-state index in [-0.39, 0.29) is 4.90 Å². The summed E-state index contributed by atoms with van der Waals surface area (Å²) < 4.78 is 27.4. The zero-order chi connectivity index (χ0) is 16.3. The average molecular weight is 451 g/mol. The number of hydrogen-bond donors (Lipinski definition) is 1. The molecule has 0 saturated carbocycles.